The molecule has 0 aliphatic carbocycles. The lowest BCUT2D eigenvalue weighted by atomic mass is 9.89. The first kappa shape index (κ1) is 30.7. The predicted octanol–water partition coefficient (Wildman–Crippen LogP) is 7.66. The van der Waals surface area contributed by atoms with Gasteiger partial charge in [-0.1, -0.05) is 101 Å². The van der Waals surface area contributed by atoms with Crippen molar-refractivity contribution >= 4 is 63.1 Å². The number of methoxy groups -OCH3 is 1. The Hall–Kier alpha value is -4.89. The normalized spacial score (nSPS) is 14.6. The van der Waals surface area contributed by atoms with Gasteiger partial charge >= 0.3 is 5.97 Å². The SMILES string of the molecule is CCOC(=O)C1=C(c2ccccc2)N=c2s/c(=C/c3ccc(-c4cccc(Cl)c4Cl)o3)c(=O)n2C1c1c(OC)ccc2ccccc12. The number of carbonyl (C=O) groups excluding carboxylic acids is 1. The topological polar surface area (TPSA) is 83.0 Å². The Labute approximate surface area is 283 Å². The van der Waals surface area contributed by atoms with Crippen LogP contribution in [0.4, 0.5) is 0 Å². The Morgan fingerprint density at radius 2 is 1.77 bits per heavy atom. The van der Waals surface area contributed by atoms with Crippen LogP contribution in [0.3, 0.4) is 0 Å². The Morgan fingerprint density at radius 3 is 2.55 bits per heavy atom. The van der Waals surface area contributed by atoms with Gasteiger partial charge in [-0.05, 0) is 48.0 Å². The second kappa shape index (κ2) is 12.7. The number of esters is 1. The zero-order valence-electron chi connectivity index (χ0n) is 25.2. The van der Waals surface area contributed by atoms with Gasteiger partial charge in [0, 0.05) is 22.8 Å². The largest absolute Gasteiger partial charge is 0.496 e. The van der Waals surface area contributed by atoms with Gasteiger partial charge in [0.2, 0.25) is 0 Å². The summed E-state index contributed by atoms with van der Waals surface area (Å²) < 4.78 is 19.6. The lowest BCUT2D eigenvalue weighted by molar-refractivity contribution is -0.138. The zero-order valence-corrected chi connectivity index (χ0v) is 27.5. The summed E-state index contributed by atoms with van der Waals surface area (Å²) in [5, 5.41) is 2.54. The fourth-order valence-electron chi connectivity index (χ4n) is 5.85. The summed E-state index contributed by atoms with van der Waals surface area (Å²) in [6, 6.07) is 28.9. The van der Waals surface area contributed by atoms with Crippen LogP contribution in [0.25, 0.3) is 33.9 Å². The van der Waals surface area contributed by atoms with Gasteiger partial charge in [-0.25, -0.2) is 9.79 Å². The number of hydrogen-bond acceptors (Lipinski definition) is 7. The molecule has 0 saturated heterocycles. The molecule has 234 valence electrons. The first-order chi connectivity index (χ1) is 22.9. The quantitative estimate of drug-likeness (QED) is 0.162. The molecule has 0 radical (unpaired) electrons. The fraction of sp³-hybridized carbons (Fsp3) is 0.108. The Kier molecular flexibility index (Phi) is 8.32. The van der Waals surface area contributed by atoms with Crippen molar-refractivity contribution < 1.29 is 18.7 Å². The van der Waals surface area contributed by atoms with Crippen molar-refractivity contribution in [3.05, 3.63) is 149 Å². The minimum absolute atomic E-state index is 0.145. The van der Waals surface area contributed by atoms with Gasteiger partial charge in [-0.2, -0.15) is 0 Å². The summed E-state index contributed by atoms with van der Waals surface area (Å²) in [7, 11) is 1.57. The molecule has 2 aromatic heterocycles. The molecule has 0 spiro atoms. The monoisotopic (exact) mass is 680 g/mol. The molecule has 0 amide bonds. The highest BCUT2D eigenvalue weighted by Gasteiger charge is 2.37. The van der Waals surface area contributed by atoms with Gasteiger partial charge in [0.25, 0.3) is 5.56 Å². The first-order valence-electron chi connectivity index (χ1n) is 14.8. The molecule has 7 rings (SSSR count). The molecule has 0 N–H and O–H groups in total. The van der Waals surface area contributed by atoms with E-state index in [0.29, 0.717) is 59.0 Å². The van der Waals surface area contributed by atoms with E-state index in [0.717, 1.165) is 10.8 Å². The second-order valence-electron chi connectivity index (χ2n) is 10.6. The molecule has 47 heavy (non-hydrogen) atoms. The number of halogens is 2. The van der Waals surface area contributed by atoms with Crippen molar-refractivity contribution in [2.75, 3.05) is 13.7 Å². The molecule has 0 saturated carbocycles. The van der Waals surface area contributed by atoms with Crippen LogP contribution in [0.2, 0.25) is 10.0 Å². The molecule has 0 fully saturated rings. The van der Waals surface area contributed by atoms with Gasteiger partial charge in [-0.15, -0.1) is 0 Å². The van der Waals surface area contributed by atoms with E-state index in [1.54, 1.807) is 48.9 Å². The van der Waals surface area contributed by atoms with Crippen LogP contribution in [-0.2, 0) is 9.53 Å². The van der Waals surface area contributed by atoms with E-state index in [-0.39, 0.29) is 17.7 Å². The van der Waals surface area contributed by atoms with Crippen molar-refractivity contribution in [3.63, 3.8) is 0 Å². The second-order valence-corrected chi connectivity index (χ2v) is 12.4. The maximum Gasteiger partial charge on any atom is 0.338 e. The van der Waals surface area contributed by atoms with Gasteiger partial charge < -0.3 is 13.9 Å². The average Bonchev–Trinajstić information content (AvgIpc) is 3.68. The zero-order chi connectivity index (χ0) is 32.7. The first-order valence-corrected chi connectivity index (χ1v) is 16.3. The van der Waals surface area contributed by atoms with E-state index >= 15 is 0 Å². The van der Waals surface area contributed by atoms with Gasteiger partial charge in [0.15, 0.2) is 4.80 Å². The van der Waals surface area contributed by atoms with Crippen LogP contribution in [0.1, 0.15) is 29.9 Å². The number of carbonyl (C=O) groups is 1. The number of thiazole rings is 1. The predicted molar refractivity (Wildman–Crippen MR) is 186 cm³/mol. The van der Waals surface area contributed by atoms with Crippen LogP contribution in [-0.4, -0.2) is 24.3 Å². The van der Waals surface area contributed by atoms with E-state index in [1.165, 1.54) is 11.3 Å². The number of fused-ring (bicyclic) bond motifs is 2. The van der Waals surface area contributed by atoms with Crippen LogP contribution in [0, 0.1) is 0 Å². The third-order valence-corrected chi connectivity index (χ3v) is 9.72. The van der Waals surface area contributed by atoms with Gasteiger partial charge in [0.05, 0.1) is 39.6 Å². The minimum Gasteiger partial charge on any atom is -0.496 e. The van der Waals surface area contributed by atoms with E-state index in [4.69, 9.17) is 42.1 Å². The molecular formula is C37H26Cl2N2O5S. The van der Waals surface area contributed by atoms with E-state index < -0.39 is 12.0 Å². The highest BCUT2D eigenvalue weighted by atomic mass is 35.5. The van der Waals surface area contributed by atoms with Crippen molar-refractivity contribution in [2.24, 2.45) is 4.99 Å². The maximum absolute atomic E-state index is 14.5. The Morgan fingerprint density at radius 1 is 0.979 bits per heavy atom. The molecule has 3 heterocycles. The number of benzene rings is 4. The lowest BCUT2D eigenvalue weighted by Gasteiger charge is -2.28. The molecule has 1 unspecified atom stereocenters. The Bertz CT molecular complexity index is 2390. The van der Waals surface area contributed by atoms with Crippen LogP contribution in [0.5, 0.6) is 5.75 Å². The lowest BCUT2D eigenvalue weighted by Crippen LogP contribution is -2.40. The smallest absolute Gasteiger partial charge is 0.338 e. The third kappa shape index (κ3) is 5.48. The molecule has 1 aliphatic heterocycles. The molecule has 7 nitrogen and oxygen atoms in total. The summed E-state index contributed by atoms with van der Waals surface area (Å²) in [5.41, 5.74) is 2.32. The summed E-state index contributed by atoms with van der Waals surface area (Å²) in [5.74, 6) is 0.895. The van der Waals surface area contributed by atoms with E-state index in [9.17, 15) is 9.59 Å². The van der Waals surface area contributed by atoms with Crippen LogP contribution in [0.15, 0.2) is 117 Å². The van der Waals surface area contributed by atoms with Crippen LogP contribution < -0.4 is 19.6 Å². The Balaban J connectivity index is 1.51. The number of furan rings is 1. The molecule has 1 atom stereocenters. The molecular weight excluding hydrogens is 655 g/mol. The summed E-state index contributed by atoms with van der Waals surface area (Å²) in [6.07, 6.45) is 1.67. The molecule has 10 heteroatoms. The number of nitrogens with zero attached hydrogens (tertiary/aromatic N) is 2. The summed E-state index contributed by atoms with van der Waals surface area (Å²) in [4.78, 5) is 33.8. The third-order valence-electron chi connectivity index (χ3n) is 7.91. The highest BCUT2D eigenvalue weighted by molar-refractivity contribution is 7.07. The standard InChI is InChI=1S/C37H26Cl2N2O5S/c1-3-45-36(43)31-33(22-11-5-4-6-12-22)40-37-41(34(31)30-24-13-8-7-10-21(24)16-18-28(30)44-2)35(42)29(47-37)20-23-17-19-27(46-23)25-14-9-15-26(38)32(25)39/h4-20,34H,3H2,1-2H3/b29-20+. The van der Waals surface area contributed by atoms with E-state index in [1.807, 2.05) is 72.8 Å². The number of hydrogen-bond donors (Lipinski definition) is 0. The molecule has 6 aromatic rings. The van der Waals surface area contributed by atoms with Crippen molar-refractivity contribution in [1.82, 2.24) is 4.57 Å². The van der Waals surface area contributed by atoms with E-state index in [2.05, 4.69) is 0 Å². The summed E-state index contributed by atoms with van der Waals surface area (Å²) >= 11 is 13.9. The number of aromatic nitrogens is 1. The van der Waals surface area contributed by atoms with Crippen LogP contribution >= 0.6 is 34.5 Å². The van der Waals surface area contributed by atoms with Gasteiger partial charge in [-0.3, -0.25) is 9.36 Å². The maximum atomic E-state index is 14.5. The molecule has 1 aliphatic rings. The minimum atomic E-state index is -0.916. The number of ether oxygens (including phenoxy) is 2. The van der Waals surface area contributed by atoms with Gasteiger partial charge in [0.1, 0.15) is 23.3 Å². The van der Waals surface area contributed by atoms with Crippen molar-refractivity contribution in [3.8, 4) is 17.1 Å². The average molecular weight is 682 g/mol. The number of rotatable bonds is 7. The molecule has 4 aromatic carbocycles. The van der Waals surface area contributed by atoms with Crippen molar-refractivity contribution in [2.45, 2.75) is 13.0 Å². The van der Waals surface area contributed by atoms with Crippen molar-refractivity contribution in [1.29, 1.82) is 0 Å². The molecule has 0 bridgehead atoms. The summed E-state index contributed by atoms with van der Waals surface area (Å²) in [6.45, 7) is 1.89. The fourth-order valence-corrected chi connectivity index (χ4v) is 7.22. The highest BCUT2D eigenvalue weighted by Crippen LogP contribution is 2.42.